The highest BCUT2D eigenvalue weighted by atomic mass is 15.1. The van der Waals surface area contributed by atoms with Crippen molar-refractivity contribution in [3.63, 3.8) is 0 Å². The molecule has 0 saturated heterocycles. The summed E-state index contributed by atoms with van der Waals surface area (Å²) >= 11 is 0. The van der Waals surface area contributed by atoms with Gasteiger partial charge in [-0.1, -0.05) is 33.6 Å². The second-order valence-electron chi connectivity index (χ2n) is 6.31. The zero-order chi connectivity index (χ0) is 13.2. The fraction of sp³-hybridized carbons (Fsp3) is 0.800. The van der Waals surface area contributed by atoms with Gasteiger partial charge in [0.05, 0.1) is 11.9 Å². The Hall–Kier alpha value is -0.830. The van der Waals surface area contributed by atoms with Crippen molar-refractivity contribution in [2.45, 2.75) is 58.4 Å². The molecule has 1 aromatic rings. The first-order valence-corrected chi connectivity index (χ1v) is 7.32. The molecule has 3 nitrogen and oxygen atoms in total. The summed E-state index contributed by atoms with van der Waals surface area (Å²) in [6, 6.07) is 0. The van der Waals surface area contributed by atoms with Crippen LogP contribution in [0.15, 0.2) is 12.5 Å². The standard InChI is InChI=1S/C15H27N3/c1-12(2)8-14-9-17-11-18(14)15(10-16)7-5-4-6-13(15)3/h9,11-13H,4-8,10,16H2,1-3H3. The zero-order valence-corrected chi connectivity index (χ0v) is 12.0. The fourth-order valence-electron chi connectivity index (χ4n) is 3.45. The predicted molar refractivity (Wildman–Crippen MR) is 75.4 cm³/mol. The molecular formula is C15H27N3. The molecule has 0 aliphatic heterocycles. The molecule has 0 amide bonds. The molecule has 1 aliphatic rings. The number of hydrogen-bond acceptors (Lipinski definition) is 2. The first-order chi connectivity index (χ1) is 8.60. The van der Waals surface area contributed by atoms with E-state index in [-0.39, 0.29) is 5.54 Å². The molecular weight excluding hydrogens is 222 g/mol. The Labute approximate surface area is 111 Å². The van der Waals surface area contributed by atoms with Crippen LogP contribution < -0.4 is 5.73 Å². The molecule has 18 heavy (non-hydrogen) atoms. The predicted octanol–water partition coefficient (Wildman–Crippen LogP) is 2.95. The largest absolute Gasteiger partial charge is 0.328 e. The second kappa shape index (κ2) is 5.43. The molecule has 2 rings (SSSR count). The minimum atomic E-state index is 0.110. The summed E-state index contributed by atoms with van der Waals surface area (Å²) in [5.41, 5.74) is 7.63. The Morgan fingerprint density at radius 2 is 2.28 bits per heavy atom. The van der Waals surface area contributed by atoms with E-state index in [0.717, 1.165) is 13.0 Å². The Kier molecular flexibility index (Phi) is 4.10. The molecule has 102 valence electrons. The molecule has 2 unspecified atom stereocenters. The van der Waals surface area contributed by atoms with E-state index in [1.165, 1.54) is 31.4 Å². The van der Waals surface area contributed by atoms with Crippen molar-refractivity contribution < 1.29 is 0 Å². The molecule has 0 radical (unpaired) electrons. The smallest absolute Gasteiger partial charge is 0.0953 e. The Balaban J connectivity index is 2.34. The van der Waals surface area contributed by atoms with Gasteiger partial charge in [0.1, 0.15) is 0 Å². The molecule has 1 fully saturated rings. The van der Waals surface area contributed by atoms with Gasteiger partial charge >= 0.3 is 0 Å². The topological polar surface area (TPSA) is 43.8 Å². The van der Waals surface area contributed by atoms with Crippen LogP contribution >= 0.6 is 0 Å². The average molecular weight is 249 g/mol. The van der Waals surface area contributed by atoms with Crippen LogP contribution in [0.25, 0.3) is 0 Å². The zero-order valence-electron chi connectivity index (χ0n) is 12.0. The lowest BCUT2D eigenvalue weighted by Gasteiger charge is -2.44. The number of imidazole rings is 1. The Morgan fingerprint density at radius 1 is 1.50 bits per heavy atom. The normalized spacial score (nSPS) is 28.8. The summed E-state index contributed by atoms with van der Waals surface area (Å²) in [4.78, 5) is 4.39. The number of nitrogens with two attached hydrogens (primary N) is 1. The van der Waals surface area contributed by atoms with Gasteiger partial charge in [0, 0.05) is 18.4 Å². The maximum absolute atomic E-state index is 6.17. The van der Waals surface area contributed by atoms with Crippen molar-refractivity contribution in [3.8, 4) is 0 Å². The average Bonchev–Trinajstić information content (AvgIpc) is 2.78. The summed E-state index contributed by atoms with van der Waals surface area (Å²) in [6.07, 6.45) is 10.3. The Bertz CT molecular complexity index is 383. The van der Waals surface area contributed by atoms with Gasteiger partial charge in [-0.3, -0.25) is 0 Å². The lowest BCUT2D eigenvalue weighted by atomic mass is 9.73. The van der Waals surface area contributed by atoms with E-state index >= 15 is 0 Å². The van der Waals surface area contributed by atoms with Crippen LogP contribution in [-0.4, -0.2) is 16.1 Å². The van der Waals surface area contributed by atoms with E-state index in [0.29, 0.717) is 11.8 Å². The van der Waals surface area contributed by atoms with Crippen molar-refractivity contribution in [1.82, 2.24) is 9.55 Å². The Morgan fingerprint density at radius 3 is 2.89 bits per heavy atom. The molecule has 0 bridgehead atoms. The summed E-state index contributed by atoms with van der Waals surface area (Å²) in [5, 5.41) is 0. The van der Waals surface area contributed by atoms with Gasteiger partial charge in [-0.25, -0.2) is 4.98 Å². The third kappa shape index (κ3) is 2.33. The molecule has 1 heterocycles. The van der Waals surface area contributed by atoms with Crippen molar-refractivity contribution in [3.05, 3.63) is 18.2 Å². The minimum Gasteiger partial charge on any atom is -0.328 e. The second-order valence-corrected chi connectivity index (χ2v) is 6.31. The first-order valence-electron chi connectivity index (χ1n) is 7.32. The summed E-state index contributed by atoms with van der Waals surface area (Å²) in [6.45, 7) is 7.61. The van der Waals surface area contributed by atoms with E-state index in [2.05, 4.69) is 30.3 Å². The lowest BCUT2D eigenvalue weighted by molar-refractivity contribution is 0.121. The molecule has 3 heteroatoms. The van der Waals surface area contributed by atoms with Crippen molar-refractivity contribution in [2.24, 2.45) is 17.6 Å². The van der Waals surface area contributed by atoms with Crippen molar-refractivity contribution in [2.75, 3.05) is 6.54 Å². The minimum absolute atomic E-state index is 0.110. The summed E-state index contributed by atoms with van der Waals surface area (Å²) in [5.74, 6) is 1.31. The van der Waals surface area contributed by atoms with Crippen LogP contribution in [0.1, 0.15) is 52.1 Å². The van der Waals surface area contributed by atoms with Gasteiger partial charge in [0.15, 0.2) is 0 Å². The SMILES string of the molecule is CC(C)Cc1cncn1C1(CN)CCCCC1C. The first kappa shape index (κ1) is 13.6. The van der Waals surface area contributed by atoms with E-state index < -0.39 is 0 Å². The van der Waals surface area contributed by atoms with E-state index in [1.807, 2.05) is 12.5 Å². The maximum Gasteiger partial charge on any atom is 0.0953 e. The highest BCUT2D eigenvalue weighted by molar-refractivity contribution is 5.08. The fourth-order valence-corrected chi connectivity index (χ4v) is 3.45. The monoisotopic (exact) mass is 249 g/mol. The number of rotatable bonds is 4. The van der Waals surface area contributed by atoms with Crippen LogP contribution in [0.4, 0.5) is 0 Å². The van der Waals surface area contributed by atoms with Crippen LogP contribution in [-0.2, 0) is 12.0 Å². The maximum atomic E-state index is 6.17. The van der Waals surface area contributed by atoms with Crippen molar-refractivity contribution >= 4 is 0 Å². The summed E-state index contributed by atoms with van der Waals surface area (Å²) in [7, 11) is 0. The molecule has 1 aliphatic carbocycles. The number of aromatic nitrogens is 2. The van der Waals surface area contributed by atoms with Crippen LogP contribution in [0.3, 0.4) is 0 Å². The van der Waals surface area contributed by atoms with Crippen LogP contribution in [0.2, 0.25) is 0 Å². The van der Waals surface area contributed by atoms with E-state index in [4.69, 9.17) is 5.73 Å². The van der Waals surface area contributed by atoms with Gasteiger partial charge in [-0.05, 0) is 31.1 Å². The van der Waals surface area contributed by atoms with Crippen LogP contribution in [0.5, 0.6) is 0 Å². The van der Waals surface area contributed by atoms with Gasteiger partial charge in [-0.15, -0.1) is 0 Å². The quantitative estimate of drug-likeness (QED) is 0.891. The highest BCUT2D eigenvalue weighted by Gasteiger charge is 2.39. The molecule has 0 aromatic carbocycles. The van der Waals surface area contributed by atoms with Gasteiger partial charge in [-0.2, -0.15) is 0 Å². The number of hydrogen-bond donors (Lipinski definition) is 1. The lowest BCUT2D eigenvalue weighted by Crippen LogP contribution is -2.48. The van der Waals surface area contributed by atoms with E-state index in [1.54, 1.807) is 0 Å². The summed E-state index contributed by atoms with van der Waals surface area (Å²) < 4.78 is 2.40. The van der Waals surface area contributed by atoms with Crippen LogP contribution in [0, 0.1) is 11.8 Å². The van der Waals surface area contributed by atoms with Gasteiger partial charge < -0.3 is 10.3 Å². The molecule has 2 N–H and O–H groups in total. The number of nitrogens with zero attached hydrogens (tertiary/aromatic N) is 2. The third-order valence-corrected chi connectivity index (χ3v) is 4.58. The van der Waals surface area contributed by atoms with E-state index in [9.17, 15) is 0 Å². The van der Waals surface area contributed by atoms with Crippen molar-refractivity contribution in [1.29, 1.82) is 0 Å². The van der Waals surface area contributed by atoms with Gasteiger partial charge in [0.25, 0.3) is 0 Å². The molecule has 2 atom stereocenters. The molecule has 1 saturated carbocycles. The van der Waals surface area contributed by atoms with Gasteiger partial charge in [0.2, 0.25) is 0 Å². The molecule has 1 aromatic heterocycles. The highest BCUT2D eigenvalue weighted by Crippen LogP contribution is 2.39. The molecule has 0 spiro atoms. The third-order valence-electron chi connectivity index (χ3n) is 4.58.